The Kier molecular flexibility index (Phi) is 7.46. The average molecular weight is 673 g/mol. The van der Waals surface area contributed by atoms with Crippen molar-refractivity contribution in [2.75, 3.05) is 24.7 Å². The highest BCUT2D eigenvalue weighted by Crippen LogP contribution is 2.58. The van der Waals surface area contributed by atoms with Crippen LogP contribution >= 0.6 is 26.5 Å². The number of anilines is 2. The van der Waals surface area contributed by atoms with Crippen molar-refractivity contribution in [3.63, 3.8) is 0 Å². The third kappa shape index (κ3) is 5.19. The number of nitrogens with zero attached hydrogens (tertiary/aromatic N) is 7. The van der Waals surface area contributed by atoms with Crippen molar-refractivity contribution < 1.29 is 45.5 Å². The van der Waals surface area contributed by atoms with Gasteiger partial charge in [0.25, 0.3) is 15.0 Å². The van der Waals surface area contributed by atoms with Gasteiger partial charge in [-0.3, -0.25) is 22.7 Å². The Morgan fingerprint density at radius 1 is 0.864 bits per heavy atom. The van der Waals surface area contributed by atoms with Crippen LogP contribution in [0, 0.1) is 0 Å². The van der Waals surface area contributed by atoms with Crippen molar-refractivity contribution in [3.05, 3.63) is 31.2 Å². The third-order valence-electron chi connectivity index (χ3n) is 7.40. The lowest BCUT2D eigenvalue weighted by atomic mass is 10.1. The van der Waals surface area contributed by atoms with E-state index in [-0.39, 0.29) is 22.6 Å². The van der Waals surface area contributed by atoms with Gasteiger partial charge in [0.2, 0.25) is 0 Å². The smallest absolute Gasteiger partial charge is 0.386 e. The summed E-state index contributed by atoms with van der Waals surface area (Å²) in [5.41, 5.74) is 13.0. The van der Waals surface area contributed by atoms with Crippen LogP contribution in [0.15, 0.2) is 31.2 Å². The normalized spacial score (nSPS) is 38.2. The molecule has 17 nitrogen and oxygen atoms in total. The number of aromatic nitrogens is 7. The molecule has 0 radical (unpaired) electrons. The Bertz CT molecular complexity index is 1710. The lowest BCUT2D eigenvalue weighted by Crippen LogP contribution is -2.37. The van der Waals surface area contributed by atoms with Gasteiger partial charge in [0.05, 0.1) is 31.6 Å². The minimum Gasteiger partial charge on any atom is -0.397 e. The van der Waals surface area contributed by atoms with E-state index < -0.39 is 76.7 Å². The first-order valence-corrected chi connectivity index (χ1v) is 17.8. The van der Waals surface area contributed by atoms with Crippen LogP contribution in [-0.4, -0.2) is 91.6 Å². The number of hydrogen-bond acceptors (Lipinski definition) is 15. The maximum atomic E-state index is 16.0. The number of nitrogens with two attached hydrogens (primary N) is 2. The largest absolute Gasteiger partial charge is 0.397 e. The topological polar surface area (TPSA) is 216 Å². The molecule has 23 heteroatoms. The number of hydrogen-bond donors (Lipinski definition) is 3. The lowest BCUT2D eigenvalue weighted by Gasteiger charge is -2.29. The minimum atomic E-state index is -4.36. The molecule has 3 aliphatic heterocycles. The fourth-order valence-electron chi connectivity index (χ4n) is 5.36. The molecule has 0 aliphatic carbocycles. The van der Waals surface area contributed by atoms with Gasteiger partial charge in [0.1, 0.15) is 41.8 Å². The summed E-state index contributed by atoms with van der Waals surface area (Å²) >= 11 is 4.02. The number of nitrogen functional groups attached to an aromatic ring is 2. The molecule has 3 fully saturated rings. The second-order valence-electron chi connectivity index (χ2n) is 10.3. The molecule has 4 N–H and O–H groups in total. The highest BCUT2D eigenvalue weighted by Gasteiger charge is 2.54. The van der Waals surface area contributed by atoms with E-state index in [1.54, 1.807) is 0 Å². The number of halogens is 2. The van der Waals surface area contributed by atoms with Crippen molar-refractivity contribution in [1.82, 2.24) is 34.1 Å². The van der Waals surface area contributed by atoms with Crippen LogP contribution < -0.4 is 11.5 Å². The van der Waals surface area contributed by atoms with Gasteiger partial charge in [0, 0.05) is 6.20 Å². The fraction of sp³-hybridized carbons (Fsp3) is 0.476. The van der Waals surface area contributed by atoms with Gasteiger partial charge in [-0.2, -0.15) is 0 Å². The highest BCUT2D eigenvalue weighted by atomic mass is 32.7. The van der Waals surface area contributed by atoms with Crippen LogP contribution in [0.1, 0.15) is 12.5 Å². The zero-order valence-electron chi connectivity index (χ0n) is 22.6. The van der Waals surface area contributed by atoms with E-state index in [9.17, 15) is 9.13 Å². The van der Waals surface area contributed by atoms with Crippen LogP contribution in [-0.2, 0) is 36.7 Å². The number of rotatable bonds is 2. The second kappa shape index (κ2) is 11.0. The van der Waals surface area contributed by atoms with Crippen LogP contribution in [0.4, 0.5) is 20.3 Å². The van der Waals surface area contributed by atoms with Gasteiger partial charge in [-0.15, -0.1) is 0 Å². The van der Waals surface area contributed by atoms with Crippen molar-refractivity contribution in [2.24, 2.45) is 0 Å². The van der Waals surface area contributed by atoms with Crippen LogP contribution in [0.5, 0.6) is 0 Å². The maximum absolute atomic E-state index is 16.0. The summed E-state index contributed by atoms with van der Waals surface area (Å²) in [6.07, 6.45) is -7.32. The fourth-order valence-corrected chi connectivity index (χ4v) is 8.02. The predicted molar refractivity (Wildman–Crippen MR) is 154 cm³/mol. The van der Waals surface area contributed by atoms with Gasteiger partial charge < -0.3 is 30.0 Å². The summed E-state index contributed by atoms with van der Waals surface area (Å²) in [7, 11) is -2.95. The van der Waals surface area contributed by atoms with E-state index in [0.29, 0.717) is 11.2 Å². The Morgan fingerprint density at radius 2 is 1.45 bits per heavy atom. The monoisotopic (exact) mass is 673 g/mol. The Hall–Kier alpha value is -2.74. The second-order valence-corrected chi connectivity index (χ2v) is 15.2. The number of fused-ring (bicyclic) bond motifs is 4. The summed E-state index contributed by atoms with van der Waals surface area (Å²) in [4.78, 5) is 20.4. The quantitative estimate of drug-likeness (QED) is 0.156. The molecule has 0 bridgehead atoms. The van der Waals surface area contributed by atoms with Crippen LogP contribution in [0.25, 0.3) is 22.3 Å². The zero-order valence-corrected chi connectivity index (χ0v) is 25.3. The van der Waals surface area contributed by atoms with Crippen molar-refractivity contribution in [2.45, 2.75) is 49.2 Å². The van der Waals surface area contributed by atoms with Crippen molar-refractivity contribution in [3.8, 4) is 0 Å². The lowest BCUT2D eigenvalue weighted by molar-refractivity contribution is -0.0546. The molecule has 4 aromatic rings. The first-order chi connectivity index (χ1) is 20.9. The summed E-state index contributed by atoms with van der Waals surface area (Å²) in [6, 6.07) is 1.53. The van der Waals surface area contributed by atoms with Gasteiger partial charge in [-0.25, -0.2) is 38.3 Å². The SMILES string of the molecule is B[P@@]1(=O)OC[C@H]2O[C@@H](n3cnc4c(N)ccnc43)[C@H](F)[C@@H]2O[P@@](=O)(S)OC[C@H]2O[C@@H](n3cnc4c(N)ncnc43)[C@H](F)[C@@H]2O1. The average Bonchev–Trinajstić information content (AvgIpc) is 3.73. The van der Waals surface area contributed by atoms with E-state index in [4.69, 9.17) is 39.0 Å². The van der Waals surface area contributed by atoms with E-state index in [0.717, 1.165) is 7.57 Å². The summed E-state index contributed by atoms with van der Waals surface area (Å²) < 4.78 is 95.2. The summed E-state index contributed by atoms with van der Waals surface area (Å²) in [5, 5.41) is 0. The van der Waals surface area contributed by atoms with Gasteiger partial charge >= 0.3 is 6.80 Å². The van der Waals surface area contributed by atoms with Crippen LogP contribution in [0.2, 0.25) is 0 Å². The molecule has 0 spiro atoms. The first-order valence-electron chi connectivity index (χ1n) is 13.1. The molecule has 10 atom stereocenters. The Labute approximate surface area is 252 Å². The minimum absolute atomic E-state index is 0.0654. The molecule has 44 heavy (non-hydrogen) atoms. The number of imidazole rings is 2. The number of pyridine rings is 1. The summed E-state index contributed by atoms with van der Waals surface area (Å²) in [6.45, 7) is -5.53. The molecular weight excluding hydrogens is 649 g/mol. The van der Waals surface area contributed by atoms with E-state index in [1.807, 2.05) is 0 Å². The molecule has 3 saturated heterocycles. The molecular formula is C21H24BF2N9O8P2S. The number of ether oxygens (including phenoxy) is 2. The summed E-state index contributed by atoms with van der Waals surface area (Å²) in [5.74, 6) is 0.0654. The molecule has 4 aromatic heterocycles. The maximum Gasteiger partial charge on any atom is 0.386 e. The van der Waals surface area contributed by atoms with E-state index in [2.05, 4.69) is 37.2 Å². The molecule has 0 amide bonds. The van der Waals surface area contributed by atoms with Gasteiger partial charge in [-0.05, 0) is 6.07 Å². The molecule has 234 valence electrons. The molecule has 0 unspecified atom stereocenters. The van der Waals surface area contributed by atoms with Gasteiger partial charge in [-0.1, -0.05) is 12.2 Å². The molecule has 3 aliphatic rings. The number of thiol groups is 1. The molecule has 0 aromatic carbocycles. The standard InChI is InChI=1S/C21H24BF2N9O8P2S/c22-42(34)36-3-9-16(12(24)21(38-9)32-6-30-13-8(25)1-2-27-18(13)32)41-43(35,44)37-4-10-15(40-42)11(23)20(39-10)33-7-31-14-17(26)28-5-29-19(14)33/h1-2,5-7,9-12,15-16,20-21H,3-4,22H2,(H2,25,27)(H,35,44)(H2,26,28,29)/t9-,10-,11-,12-,15-,16-,20-,21-,42-,43+/m1/s1. The zero-order chi connectivity index (χ0) is 31.0. The van der Waals surface area contributed by atoms with Crippen molar-refractivity contribution in [1.29, 1.82) is 0 Å². The predicted octanol–water partition coefficient (Wildman–Crippen LogP) is 1.50. The molecule has 7 rings (SSSR count). The molecule has 0 saturated carbocycles. The number of alkyl halides is 2. The first kappa shape index (κ1) is 29.9. The Balaban J connectivity index is 1.17. The van der Waals surface area contributed by atoms with E-state index >= 15 is 8.78 Å². The van der Waals surface area contributed by atoms with E-state index in [1.165, 1.54) is 40.4 Å². The van der Waals surface area contributed by atoms with Crippen molar-refractivity contribution >= 4 is 67.9 Å². The third-order valence-corrected chi connectivity index (χ3v) is 10.3. The Morgan fingerprint density at radius 3 is 2.14 bits per heavy atom. The highest BCUT2D eigenvalue weighted by molar-refractivity contribution is 8.44. The van der Waals surface area contributed by atoms with Gasteiger partial charge in [0.15, 0.2) is 41.9 Å². The molecule has 7 heterocycles. The van der Waals surface area contributed by atoms with Crippen LogP contribution in [0.3, 0.4) is 0 Å².